The maximum atomic E-state index is 5.64. The molecule has 1 aromatic rings. The van der Waals surface area contributed by atoms with Crippen molar-refractivity contribution in [3.05, 3.63) is 15.5 Å². The maximum absolute atomic E-state index is 5.64. The maximum Gasteiger partial charge on any atom is 0.0899 e. The molecule has 1 heterocycles. The molecule has 0 N–H and O–H groups in total. The molecule has 15 heavy (non-hydrogen) atoms. The van der Waals surface area contributed by atoms with Gasteiger partial charge in [-0.25, -0.2) is 0 Å². The number of aromatic nitrogens is 2. The van der Waals surface area contributed by atoms with Gasteiger partial charge in [0.2, 0.25) is 0 Å². The molecule has 0 bridgehead atoms. The van der Waals surface area contributed by atoms with Crippen LogP contribution in [-0.2, 0) is 11.3 Å². The molecular weight excluding hydrogens is 303 g/mol. The Kier molecular flexibility index (Phi) is 5.05. The standard InChI is InChI=1S/C11H19IN2O/c1-5-9(4)14-11(7-15-8(2)3)10(12)6-13-14/h6,8-9H,5,7H2,1-4H3/t9-/m1/s1. The highest BCUT2D eigenvalue weighted by Gasteiger charge is 2.13. The number of rotatable bonds is 5. The number of nitrogens with zero attached hydrogens (tertiary/aromatic N) is 2. The fourth-order valence-corrected chi connectivity index (χ4v) is 1.83. The Hall–Kier alpha value is -0.100. The molecule has 0 unspecified atom stereocenters. The van der Waals surface area contributed by atoms with Crippen LogP contribution in [0.3, 0.4) is 0 Å². The molecule has 3 nitrogen and oxygen atoms in total. The molecule has 4 heteroatoms. The molecule has 86 valence electrons. The summed E-state index contributed by atoms with van der Waals surface area (Å²) < 4.78 is 8.90. The van der Waals surface area contributed by atoms with Crippen LogP contribution in [0.5, 0.6) is 0 Å². The summed E-state index contributed by atoms with van der Waals surface area (Å²) in [5, 5.41) is 4.39. The molecule has 0 amide bonds. The Balaban J connectivity index is 2.79. The zero-order valence-corrected chi connectivity index (χ0v) is 12.0. The van der Waals surface area contributed by atoms with Gasteiger partial charge in [-0.3, -0.25) is 4.68 Å². The lowest BCUT2D eigenvalue weighted by molar-refractivity contribution is 0.0598. The van der Waals surface area contributed by atoms with Crippen LogP contribution >= 0.6 is 22.6 Å². The summed E-state index contributed by atoms with van der Waals surface area (Å²) in [6.07, 6.45) is 3.26. The first-order valence-corrected chi connectivity index (χ1v) is 6.47. The summed E-state index contributed by atoms with van der Waals surface area (Å²) in [5.41, 5.74) is 1.19. The third-order valence-electron chi connectivity index (χ3n) is 2.41. The first kappa shape index (κ1) is 13.0. The molecule has 0 aliphatic rings. The topological polar surface area (TPSA) is 27.1 Å². The summed E-state index contributed by atoms with van der Waals surface area (Å²) in [4.78, 5) is 0. The summed E-state index contributed by atoms with van der Waals surface area (Å²) in [6, 6.07) is 0.444. The third kappa shape index (κ3) is 3.45. The van der Waals surface area contributed by atoms with E-state index in [1.807, 2.05) is 6.20 Å². The van der Waals surface area contributed by atoms with Crippen molar-refractivity contribution in [3.8, 4) is 0 Å². The second-order valence-corrected chi connectivity index (χ2v) is 5.16. The molecular formula is C11H19IN2O. The largest absolute Gasteiger partial charge is 0.372 e. The molecule has 0 radical (unpaired) electrons. The zero-order chi connectivity index (χ0) is 11.4. The lowest BCUT2D eigenvalue weighted by atomic mass is 10.2. The fraction of sp³-hybridized carbons (Fsp3) is 0.727. The van der Waals surface area contributed by atoms with Crippen LogP contribution < -0.4 is 0 Å². The number of halogens is 1. The summed E-state index contributed by atoms with van der Waals surface area (Å²) in [6.45, 7) is 9.11. The van der Waals surface area contributed by atoms with Crippen LogP contribution in [0, 0.1) is 3.57 Å². The minimum Gasteiger partial charge on any atom is -0.372 e. The van der Waals surface area contributed by atoms with Gasteiger partial charge in [-0.2, -0.15) is 5.10 Å². The summed E-state index contributed by atoms with van der Waals surface area (Å²) in [7, 11) is 0. The van der Waals surface area contributed by atoms with Gasteiger partial charge in [0, 0.05) is 6.04 Å². The lowest BCUT2D eigenvalue weighted by Crippen LogP contribution is -2.13. The predicted molar refractivity (Wildman–Crippen MR) is 69.9 cm³/mol. The molecule has 1 rings (SSSR count). The van der Waals surface area contributed by atoms with Crippen molar-refractivity contribution in [2.75, 3.05) is 0 Å². The van der Waals surface area contributed by atoms with Gasteiger partial charge in [0.05, 0.1) is 28.2 Å². The van der Waals surface area contributed by atoms with E-state index in [9.17, 15) is 0 Å². The van der Waals surface area contributed by atoms with Crippen molar-refractivity contribution in [2.24, 2.45) is 0 Å². The second-order valence-electron chi connectivity index (χ2n) is 4.00. The molecule has 1 aromatic heterocycles. The Labute approximate surface area is 105 Å². The van der Waals surface area contributed by atoms with Crippen LogP contribution in [-0.4, -0.2) is 15.9 Å². The predicted octanol–water partition coefficient (Wildman–Crippen LogP) is 3.38. The van der Waals surface area contributed by atoms with E-state index < -0.39 is 0 Å². The SMILES string of the molecule is CC[C@@H](C)n1ncc(I)c1COC(C)C. The van der Waals surface area contributed by atoms with Crippen LogP contribution in [0.2, 0.25) is 0 Å². The Bertz CT molecular complexity index is 310. The highest BCUT2D eigenvalue weighted by Crippen LogP contribution is 2.19. The first-order chi connectivity index (χ1) is 7.06. The monoisotopic (exact) mass is 322 g/mol. The minimum absolute atomic E-state index is 0.265. The van der Waals surface area contributed by atoms with Gasteiger partial charge in [-0.15, -0.1) is 0 Å². The minimum atomic E-state index is 0.265. The molecule has 0 spiro atoms. The lowest BCUT2D eigenvalue weighted by Gasteiger charge is -2.15. The number of hydrogen-bond donors (Lipinski definition) is 0. The summed E-state index contributed by atoms with van der Waals surface area (Å²) >= 11 is 2.31. The van der Waals surface area contributed by atoms with Crippen molar-refractivity contribution >= 4 is 22.6 Å². The van der Waals surface area contributed by atoms with Crippen LogP contribution in [0.1, 0.15) is 45.9 Å². The van der Waals surface area contributed by atoms with Gasteiger partial charge in [-0.1, -0.05) is 6.92 Å². The Morgan fingerprint density at radius 3 is 2.67 bits per heavy atom. The van der Waals surface area contributed by atoms with E-state index in [1.165, 1.54) is 9.26 Å². The first-order valence-electron chi connectivity index (χ1n) is 5.39. The van der Waals surface area contributed by atoms with E-state index in [0.29, 0.717) is 12.6 Å². The summed E-state index contributed by atoms with van der Waals surface area (Å²) in [5.74, 6) is 0. The van der Waals surface area contributed by atoms with Crippen LogP contribution in [0.25, 0.3) is 0 Å². The molecule has 0 fully saturated rings. The molecule has 0 aliphatic heterocycles. The average Bonchev–Trinajstić information content (AvgIpc) is 2.55. The van der Waals surface area contributed by atoms with Crippen molar-refractivity contribution in [2.45, 2.75) is 52.9 Å². The van der Waals surface area contributed by atoms with Gasteiger partial charge < -0.3 is 4.74 Å². The van der Waals surface area contributed by atoms with E-state index in [1.54, 1.807) is 0 Å². The zero-order valence-electron chi connectivity index (χ0n) is 9.83. The third-order valence-corrected chi connectivity index (χ3v) is 3.31. The van der Waals surface area contributed by atoms with Crippen LogP contribution in [0.4, 0.5) is 0 Å². The van der Waals surface area contributed by atoms with Gasteiger partial charge in [0.25, 0.3) is 0 Å². The quantitative estimate of drug-likeness (QED) is 0.777. The van der Waals surface area contributed by atoms with Crippen molar-refractivity contribution in [3.63, 3.8) is 0 Å². The van der Waals surface area contributed by atoms with E-state index in [2.05, 4.69) is 60.1 Å². The molecule has 1 atom stereocenters. The number of ether oxygens (including phenoxy) is 1. The highest BCUT2D eigenvalue weighted by molar-refractivity contribution is 14.1. The molecule has 0 saturated carbocycles. The molecule has 0 aliphatic carbocycles. The normalized spacial score (nSPS) is 13.5. The van der Waals surface area contributed by atoms with Gasteiger partial charge in [0.1, 0.15) is 0 Å². The van der Waals surface area contributed by atoms with E-state index in [-0.39, 0.29) is 6.10 Å². The second kappa shape index (κ2) is 5.84. The van der Waals surface area contributed by atoms with Crippen LogP contribution in [0.15, 0.2) is 6.20 Å². The van der Waals surface area contributed by atoms with Gasteiger partial charge in [0.15, 0.2) is 0 Å². The van der Waals surface area contributed by atoms with Crippen molar-refractivity contribution in [1.29, 1.82) is 0 Å². The molecule has 0 aromatic carbocycles. The number of hydrogen-bond acceptors (Lipinski definition) is 2. The van der Waals surface area contributed by atoms with Crippen molar-refractivity contribution in [1.82, 2.24) is 9.78 Å². The van der Waals surface area contributed by atoms with E-state index in [4.69, 9.17) is 4.74 Å². The molecule has 0 saturated heterocycles. The van der Waals surface area contributed by atoms with Gasteiger partial charge in [-0.05, 0) is 49.8 Å². The fourth-order valence-electron chi connectivity index (χ4n) is 1.30. The van der Waals surface area contributed by atoms with Gasteiger partial charge >= 0.3 is 0 Å². The smallest absolute Gasteiger partial charge is 0.0899 e. The van der Waals surface area contributed by atoms with E-state index in [0.717, 1.165) is 6.42 Å². The Morgan fingerprint density at radius 1 is 1.47 bits per heavy atom. The average molecular weight is 322 g/mol. The van der Waals surface area contributed by atoms with E-state index >= 15 is 0 Å². The van der Waals surface area contributed by atoms with Crippen molar-refractivity contribution < 1.29 is 4.74 Å². The highest BCUT2D eigenvalue weighted by atomic mass is 127. The Morgan fingerprint density at radius 2 is 2.13 bits per heavy atom.